The highest BCUT2D eigenvalue weighted by Crippen LogP contribution is 2.32. The lowest BCUT2D eigenvalue weighted by molar-refractivity contribution is 0.0826. The molecule has 2 aliphatic rings. The van der Waals surface area contributed by atoms with Crippen LogP contribution in [0.5, 0.6) is 11.5 Å². The summed E-state index contributed by atoms with van der Waals surface area (Å²) in [5, 5.41) is 3.07. The molecule has 0 fully saturated rings. The Bertz CT molecular complexity index is 832. The van der Waals surface area contributed by atoms with Gasteiger partial charge in [-0.05, 0) is 49.6 Å². The molecule has 4 rings (SSSR count). The highest BCUT2D eigenvalue weighted by Gasteiger charge is 2.30. The van der Waals surface area contributed by atoms with Crippen LogP contribution in [-0.2, 0) is 13.0 Å². The molecule has 0 radical (unpaired) electrons. The van der Waals surface area contributed by atoms with Gasteiger partial charge in [0.25, 0.3) is 5.91 Å². The molecule has 2 aliphatic heterocycles. The maximum absolute atomic E-state index is 12.5. The van der Waals surface area contributed by atoms with Crippen molar-refractivity contribution < 1.29 is 14.3 Å². The van der Waals surface area contributed by atoms with Crippen LogP contribution in [0.15, 0.2) is 42.5 Å². The predicted molar refractivity (Wildman–Crippen MR) is 99.5 cm³/mol. The van der Waals surface area contributed by atoms with Crippen LogP contribution < -0.4 is 14.8 Å². The van der Waals surface area contributed by atoms with E-state index < -0.39 is 0 Å². The third-order valence-electron chi connectivity index (χ3n) is 5.30. The summed E-state index contributed by atoms with van der Waals surface area (Å²) in [6.45, 7) is 7.08. The highest BCUT2D eigenvalue weighted by molar-refractivity contribution is 5.95. The first kappa shape index (κ1) is 16.9. The van der Waals surface area contributed by atoms with Gasteiger partial charge in [0.2, 0.25) is 6.79 Å². The molecule has 1 amide bonds. The summed E-state index contributed by atoms with van der Waals surface area (Å²) in [5.74, 6) is 1.23. The molecule has 2 heterocycles. The highest BCUT2D eigenvalue weighted by atomic mass is 16.7. The Hall–Kier alpha value is -2.53. The van der Waals surface area contributed by atoms with E-state index in [1.54, 1.807) is 18.2 Å². The van der Waals surface area contributed by atoms with Gasteiger partial charge in [0.1, 0.15) is 0 Å². The van der Waals surface area contributed by atoms with Crippen LogP contribution in [0.1, 0.15) is 35.3 Å². The molecule has 2 aromatic carbocycles. The smallest absolute Gasteiger partial charge is 0.251 e. The van der Waals surface area contributed by atoms with Crippen LogP contribution in [0, 0.1) is 0 Å². The second-order valence-corrected chi connectivity index (χ2v) is 7.50. The van der Waals surface area contributed by atoms with Crippen LogP contribution in [0.2, 0.25) is 0 Å². The van der Waals surface area contributed by atoms with Crippen molar-refractivity contribution in [3.63, 3.8) is 0 Å². The molecular weight excluding hydrogens is 328 g/mol. The SMILES string of the molecule is CC(C)(CNC(=O)c1ccc2c(c1)OCO2)N1CCc2ccccc2C1. The molecule has 26 heavy (non-hydrogen) atoms. The molecule has 0 spiro atoms. The molecule has 0 saturated carbocycles. The van der Waals surface area contributed by atoms with Gasteiger partial charge < -0.3 is 14.8 Å². The maximum atomic E-state index is 12.5. The van der Waals surface area contributed by atoms with E-state index in [1.807, 2.05) is 0 Å². The van der Waals surface area contributed by atoms with Crippen molar-refractivity contribution in [1.82, 2.24) is 10.2 Å². The number of fused-ring (bicyclic) bond motifs is 2. The van der Waals surface area contributed by atoms with Crippen molar-refractivity contribution in [1.29, 1.82) is 0 Å². The fourth-order valence-corrected chi connectivity index (χ4v) is 3.56. The van der Waals surface area contributed by atoms with Gasteiger partial charge in [-0.25, -0.2) is 0 Å². The Kier molecular flexibility index (Phi) is 4.32. The van der Waals surface area contributed by atoms with E-state index in [9.17, 15) is 4.79 Å². The topological polar surface area (TPSA) is 50.8 Å². The zero-order valence-corrected chi connectivity index (χ0v) is 15.2. The van der Waals surface area contributed by atoms with Crippen molar-refractivity contribution >= 4 is 5.91 Å². The van der Waals surface area contributed by atoms with Gasteiger partial charge >= 0.3 is 0 Å². The van der Waals surface area contributed by atoms with Gasteiger partial charge in [-0.1, -0.05) is 24.3 Å². The van der Waals surface area contributed by atoms with Crippen molar-refractivity contribution in [2.45, 2.75) is 32.4 Å². The van der Waals surface area contributed by atoms with Gasteiger partial charge in [-0.15, -0.1) is 0 Å². The molecular formula is C21H24N2O3. The first-order valence-corrected chi connectivity index (χ1v) is 9.03. The molecule has 0 saturated heterocycles. The quantitative estimate of drug-likeness (QED) is 0.919. The summed E-state index contributed by atoms with van der Waals surface area (Å²) < 4.78 is 10.6. The van der Waals surface area contributed by atoms with Crippen LogP contribution in [0.25, 0.3) is 0 Å². The summed E-state index contributed by atoms with van der Waals surface area (Å²) in [5.41, 5.74) is 3.28. The number of carbonyl (C=O) groups is 1. The normalized spacial score (nSPS) is 16.2. The van der Waals surface area contributed by atoms with E-state index >= 15 is 0 Å². The lowest BCUT2D eigenvalue weighted by Crippen LogP contribution is -2.53. The number of nitrogens with zero attached hydrogens (tertiary/aromatic N) is 1. The number of hydrogen-bond donors (Lipinski definition) is 1. The van der Waals surface area contributed by atoms with Crippen LogP contribution in [0.4, 0.5) is 0 Å². The number of ether oxygens (including phenoxy) is 2. The molecule has 0 atom stereocenters. The van der Waals surface area contributed by atoms with E-state index in [-0.39, 0.29) is 18.2 Å². The molecule has 5 nitrogen and oxygen atoms in total. The van der Waals surface area contributed by atoms with E-state index in [1.165, 1.54) is 11.1 Å². The number of nitrogens with one attached hydrogen (secondary N) is 1. The fraction of sp³-hybridized carbons (Fsp3) is 0.381. The molecule has 0 aromatic heterocycles. The van der Waals surface area contributed by atoms with Gasteiger partial charge in [0.05, 0.1) is 0 Å². The number of hydrogen-bond acceptors (Lipinski definition) is 4. The average molecular weight is 352 g/mol. The minimum atomic E-state index is -0.125. The second kappa shape index (κ2) is 6.65. The minimum absolute atomic E-state index is 0.0891. The number of amides is 1. The lowest BCUT2D eigenvalue weighted by atomic mass is 9.94. The number of benzene rings is 2. The van der Waals surface area contributed by atoms with Gasteiger partial charge in [-0.2, -0.15) is 0 Å². The average Bonchev–Trinajstić information content (AvgIpc) is 3.13. The zero-order valence-electron chi connectivity index (χ0n) is 15.2. The van der Waals surface area contributed by atoms with Crippen LogP contribution in [0.3, 0.4) is 0 Å². The predicted octanol–water partition coefficient (Wildman–Crippen LogP) is 2.98. The molecule has 5 heteroatoms. The van der Waals surface area contributed by atoms with Gasteiger partial charge in [0.15, 0.2) is 11.5 Å². The summed E-state index contributed by atoms with van der Waals surface area (Å²) in [4.78, 5) is 15.0. The third-order valence-corrected chi connectivity index (χ3v) is 5.30. The Morgan fingerprint density at radius 1 is 1.12 bits per heavy atom. The molecule has 1 N–H and O–H groups in total. The van der Waals surface area contributed by atoms with Crippen LogP contribution >= 0.6 is 0 Å². The lowest BCUT2D eigenvalue weighted by Gasteiger charge is -2.41. The van der Waals surface area contributed by atoms with E-state index in [0.717, 1.165) is 19.5 Å². The molecule has 0 aliphatic carbocycles. The van der Waals surface area contributed by atoms with Crippen molar-refractivity contribution in [2.75, 3.05) is 19.9 Å². The van der Waals surface area contributed by atoms with E-state index in [4.69, 9.17) is 9.47 Å². The molecule has 2 aromatic rings. The zero-order chi connectivity index (χ0) is 18.1. The Morgan fingerprint density at radius 3 is 2.73 bits per heavy atom. The van der Waals surface area contributed by atoms with Gasteiger partial charge in [0, 0.05) is 30.7 Å². The summed E-state index contributed by atoms with van der Waals surface area (Å²) in [6, 6.07) is 13.9. The van der Waals surface area contributed by atoms with Crippen molar-refractivity contribution in [3.8, 4) is 11.5 Å². The molecule has 0 unspecified atom stereocenters. The number of carbonyl (C=O) groups excluding carboxylic acids is 1. The monoisotopic (exact) mass is 352 g/mol. The third kappa shape index (κ3) is 3.27. The first-order chi connectivity index (χ1) is 12.5. The summed E-state index contributed by atoms with van der Waals surface area (Å²) >= 11 is 0. The standard InChI is InChI=1S/C21H24N2O3/c1-21(2,23-10-9-15-5-3-4-6-17(15)12-23)13-22-20(24)16-7-8-18-19(11-16)26-14-25-18/h3-8,11H,9-10,12-14H2,1-2H3,(H,22,24). The number of rotatable bonds is 4. The van der Waals surface area contributed by atoms with Crippen molar-refractivity contribution in [2.24, 2.45) is 0 Å². The maximum Gasteiger partial charge on any atom is 0.251 e. The molecule has 0 bridgehead atoms. The minimum Gasteiger partial charge on any atom is -0.454 e. The summed E-state index contributed by atoms with van der Waals surface area (Å²) in [7, 11) is 0. The van der Waals surface area contributed by atoms with E-state index in [2.05, 4.69) is 48.3 Å². The van der Waals surface area contributed by atoms with E-state index in [0.29, 0.717) is 23.6 Å². The Morgan fingerprint density at radius 2 is 1.88 bits per heavy atom. The summed E-state index contributed by atoms with van der Waals surface area (Å²) in [6.07, 6.45) is 1.05. The molecule has 136 valence electrons. The Balaban J connectivity index is 1.40. The Labute approximate surface area is 153 Å². The largest absolute Gasteiger partial charge is 0.454 e. The van der Waals surface area contributed by atoms with Crippen LogP contribution in [-0.4, -0.2) is 36.2 Å². The first-order valence-electron chi connectivity index (χ1n) is 9.03. The second-order valence-electron chi connectivity index (χ2n) is 7.50. The van der Waals surface area contributed by atoms with Crippen molar-refractivity contribution in [3.05, 3.63) is 59.2 Å². The fourth-order valence-electron chi connectivity index (χ4n) is 3.56. The van der Waals surface area contributed by atoms with Gasteiger partial charge in [-0.3, -0.25) is 9.69 Å².